The van der Waals surface area contributed by atoms with Gasteiger partial charge in [-0.2, -0.15) is 0 Å². The second kappa shape index (κ2) is 7.74. The largest absolute Gasteiger partial charge is 0.466 e. The second-order valence-corrected chi connectivity index (χ2v) is 4.59. The summed E-state index contributed by atoms with van der Waals surface area (Å²) in [6.45, 7) is 0. The predicted octanol–water partition coefficient (Wildman–Crippen LogP) is 3.77. The van der Waals surface area contributed by atoms with Crippen molar-refractivity contribution in [3.8, 4) is 0 Å². The topological polar surface area (TPSA) is 43.4 Å². The average molecular weight is 292 g/mol. The van der Waals surface area contributed by atoms with Gasteiger partial charge in [0.05, 0.1) is 7.11 Å². The quantitative estimate of drug-likeness (QED) is 0.478. The monoisotopic (exact) mass is 292 g/mol. The van der Waals surface area contributed by atoms with E-state index in [1.54, 1.807) is 30.4 Å². The van der Waals surface area contributed by atoms with Crippen molar-refractivity contribution >= 4 is 23.9 Å². The fourth-order valence-corrected chi connectivity index (χ4v) is 1.87. The second-order valence-electron chi connectivity index (χ2n) is 4.59. The van der Waals surface area contributed by atoms with E-state index in [1.807, 2.05) is 42.5 Å². The summed E-state index contributed by atoms with van der Waals surface area (Å²) in [6, 6.07) is 16.6. The predicted molar refractivity (Wildman–Crippen MR) is 87.3 cm³/mol. The number of allylic oxidation sites excluding steroid dienone is 1. The molecule has 0 N–H and O–H groups in total. The molecule has 0 unspecified atom stereocenters. The van der Waals surface area contributed by atoms with E-state index in [9.17, 15) is 9.59 Å². The summed E-state index contributed by atoms with van der Waals surface area (Å²) in [6.07, 6.45) is 6.32. The zero-order valence-electron chi connectivity index (χ0n) is 12.2. The molecule has 0 atom stereocenters. The van der Waals surface area contributed by atoms with Gasteiger partial charge in [-0.05, 0) is 29.3 Å². The molecule has 0 heterocycles. The van der Waals surface area contributed by atoms with Crippen LogP contribution in [0.4, 0.5) is 0 Å². The average Bonchev–Trinajstić information content (AvgIpc) is 2.58. The number of methoxy groups -OCH3 is 1. The number of carbonyl (C=O) groups excluding carboxylic acids is 2. The van der Waals surface area contributed by atoms with Gasteiger partial charge in [0, 0.05) is 11.6 Å². The Morgan fingerprint density at radius 2 is 1.50 bits per heavy atom. The van der Waals surface area contributed by atoms with Crippen LogP contribution in [0.5, 0.6) is 0 Å². The van der Waals surface area contributed by atoms with Crippen LogP contribution in [0.1, 0.15) is 21.5 Å². The molecule has 22 heavy (non-hydrogen) atoms. The molecular weight excluding hydrogens is 276 g/mol. The molecule has 0 saturated heterocycles. The van der Waals surface area contributed by atoms with Crippen molar-refractivity contribution in [2.24, 2.45) is 0 Å². The van der Waals surface area contributed by atoms with E-state index in [4.69, 9.17) is 0 Å². The highest BCUT2D eigenvalue weighted by molar-refractivity contribution is 6.06. The molecule has 0 aromatic heterocycles. The summed E-state index contributed by atoms with van der Waals surface area (Å²) in [7, 11) is 1.33. The Kier molecular flexibility index (Phi) is 5.44. The molecular formula is C19H16O3. The smallest absolute Gasteiger partial charge is 0.330 e. The van der Waals surface area contributed by atoms with Crippen LogP contribution in [0, 0.1) is 0 Å². The summed E-state index contributed by atoms with van der Waals surface area (Å²) >= 11 is 0. The number of rotatable bonds is 5. The van der Waals surface area contributed by atoms with Gasteiger partial charge < -0.3 is 4.74 Å². The van der Waals surface area contributed by atoms with Crippen molar-refractivity contribution < 1.29 is 14.3 Å². The third-order valence-corrected chi connectivity index (χ3v) is 3.01. The van der Waals surface area contributed by atoms with Crippen molar-refractivity contribution in [3.05, 3.63) is 83.4 Å². The zero-order valence-corrected chi connectivity index (χ0v) is 12.2. The zero-order chi connectivity index (χ0) is 15.8. The Hall–Kier alpha value is -2.94. The summed E-state index contributed by atoms with van der Waals surface area (Å²) < 4.78 is 4.55. The molecule has 0 aliphatic carbocycles. The van der Waals surface area contributed by atoms with Crippen molar-refractivity contribution in [3.63, 3.8) is 0 Å². The van der Waals surface area contributed by atoms with Crippen LogP contribution in [0.15, 0.2) is 66.7 Å². The molecule has 3 heteroatoms. The number of ketones is 1. The highest BCUT2D eigenvalue weighted by atomic mass is 16.5. The van der Waals surface area contributed by atoms with Crippen LogP contribution in [-0.4, -0.2) is 18.9 Å². The van der Waals surface area contributed by atoms with Gasteiger partial charge in [0.2, 0.25) is 0 Å². The molecule has 3 nitrogen and oxygen atoms in total. The summed E-state index contributed by atoms with van der Waals surface area (Å²) in [5.41, 5.74) is 2.40. The van der Waals surface area contributed by atoms with E-state index in [2.05, 4.69) is 4.74 Å². The minimum Gasteiger partial charge on any atom is -0.466 e. The van der Waals surface area contributed by atoms with Crippen LogP contribution >= 0.6 is 0 Å². The van der Waals surface area contributed by atoms with Crippen molar-refractivity contribution in [1.82, 2.24) is 0 Å². The standard InChI is InChI=1S/C19H16O3/c1-22-19(21)13-11-16-7-5-6-15(14-16)10-12-18(20)17-8-3-2-4-9-17/h2-14H,1H3/b12-10+,13-11+. The molecule has 0 amide bonds. The van der Waals surface area contributed by atoms with Gasteiger partial charge >= 0.3 is 5.97 Å². The minimum absolute atomic E-state index is 0.0453. The number of esters is 1. The molecule has 0 aliphatic heterocycles. The molecule has 0 aliphatic rings. The molecule has 0 spiro atoms. The van der Waals surface area contributed by atoms with Crippen molar-refractivity contribution in [2.45, 2.75) is 0 Å². The maximum Gasteiger partial charge on any atom is 0.330 e. The third-order valence-electron chi connectivity index (χ3n) is 3.01. The molecule has 2 aromatic carbocycles. The third kappa shape index (κ3) is 4.56. The number of ether oxygens (including phenoxy) is 1. The van der Waals surface area contributed by atoms with E-state index in [0.29, 0.717) is 5.56 Å². The highest BCUT2D eigenvalue weighted by Crippen LogP contribution is 2.10. The number of benzene rings is 2. The fourth-order valence-electron chi connectivity index (χ4n) is 1.87. The van der Waals surface area contributed by atoms with E-state index < -0.39 is 5.97 Å². The van der Waals surface area contributed by atoms with Crippen LogP contribution < -0.4 is 0 Å². The van der Waals surface area contributed by atoms with Gasteiger partial charge in [-0.3, -0.25) is 4.79 Å². The van der Waals surface area contributed by atoms with Gasteiger partial charge in [0.1, 0.15) is 0 Å². The first-order valence-corrected chi connectivity index (χ1v) is 6.82. The highest BCUT2D eigenvalue weighted by Gasteiger charge is 1.99. The Morgan fingerprint density at radius 3 is 2.14 bits per heavy atom. The summed E-state index contributed by atoms with van der Waals surface area (Å²) in [4.78, 5) is 23.1. The molecule has 0 fully saturated rings. The molecule has 0 radical (unpaired) electrons. The molecule has 110 valence electrons. The number of hydrogen-bond donors (Lipinski definition) is 0. The summed E-state index contributed by atoms with van der Waals surface area (Å²) in [5, 5.41) is 0. The molecule has 2 aromatic rings. The Labute approximate surface area is 129 Å². The minimum atomic E-state index is -0.403. The summed E-state index contributed by atoms with van der Waals surface area (Å²) in [5.74, 6) is -0.448. The number of carbonyl (C=O) groups is 2. The van der Waals surface area contributed by atoms with E-state index in [0.717, 1.165) is 11.1 Å². The molecule has 0 bridgehead atoms. The first-order chi connectivity index (χ1) is 10.7. The first kappa shape index (κ1) is 15.4. The Balaban J connectivity index is 2.10. The lowest BCUT2D eigenvalue weighted by molar-refractivity contribution is -0.134. The van der Waals surface area contributed by atoms with Crippen LogP contribution in [-0.2, 0) is 9.53 Å². The van der Waals surface area contributed by atoms with Crippen molar-refractivity contribution in [2.75, 3.05) is 7.11 Å². The lowest BCUT2D eigenvalue weighted by atomic mass is 10.1. The first-order valence-electron chi connectivity index (χ1n) is 6.82. The number of hydrogen-bond acceptors (Lipinski definition) is 3. The Bertz CT molecular complexity index is 712. The van der Waals surface area contributed by atoms with Gasteiger partial charge in [0.15, 0.2) is 5.78 Å². The van der Waals surface area contributed by atoms with E-state index in [-0.39, 0.29) is 5.78 Å². The molecule has 0 saturated carbocycles. The van der Waals surface area contributed by atoms with E-state index in [1.165, 1.54) is 13.2 Å². The maximum atomic E-state index is 12.0. The van der Waals surface area contributed by atoms with Crippen LogP contribution in [0.3, 0.4) is 0 Å². The van der Waals surface area contributed by atoms with Gasteiger partial charge in [0.25, 0.3) is 0 Å². The van der Waals surface area contributed by atoms with Gasteiger partial charge in [-0.1, -0.05) is 54.6 Å². The lowest BCUT2D eigenvalue weighted by Gasteiger charge is -1.98. The van der Waals surface area contributed by atoms with Gasteiger partial charge in [-0.25, -0.2) is 4.79 Å². The van der Waals surface area contributed by atoms with Crippen LogP contribution in [0.25, 0.3) is 12.2 Å². The van der Waals surface area contributed by atoms with E-state index >= 15 is 0 Å². The van der Waals surface area contributed by atoms with Crippen molar-refractivity contribution in [1.29, 1.82) is 0 Å². The van der Waals surface area contributed by atoms with Crippen LogP contribution in [0.2, 0.25) is 0 Å². The normalized spacial score (nSPS) is 11.0. The SMILES string of the molecule is COC(=O)/C=C/c1cccc(/C=C/C(=O)c2ccccc2)c1. The van der Waals surface area contributed by atoms with Gasteiger partial charge in [-0.15, -0.1) is 0 Å². The lowest BCUT2D eigenvalue weighted by Crippen LogP contribution is -1.93. The maximum absolute atomic E-state index is 12.0. The molecule has 2 rings (SSSR count). The Morgan fingerprint density at radius 1 is 0.864 bits per heavy atom. The fraction of sp³-hybridized carbons (Fsp3) is 0.0526.